The number of hydrogen-bond donors (Lipinski definition) is 1. The van der Waals surface area contributed by atoms with E-state index in [9.17, 15) is 8.78 Å². The first-order chi connectivity index (χ1) is 19.6. The summed E-state index contributed by atoms with van der Waals surface area (Å²) < 4.78 is 27.3. The van der Waals surface area contributed by atoms with Gasteiger partial charge in [-0.25, -0.2) is 19.3 Å². The number of hydrogen-bond acceptors (Lipinski definition) is 5. The van der Waals surface area contributed by atoms with Gasteiger partial charge in [0.25, 0.3) is 0 Å². The molecule has 3 aromatic heterocycles. The van der Waals surface area contributed by atoms with E-state index < -0.39 is 11.8 Å². The van der Waals surface area contributed by atoms with Gasteiger partial charge in [0.15, 0.2) is 5.82 Å². The van der Waals surface area contributed by atoms with Crippen molar-refractivity contribution >= 4 is 10.9 Å². The van der Waals surface area contributed by atoms with Crippen molar-refractivity contribution in [2.45, 2.75) is 85.5 Å². The van der Waals surface area contributed by atoms with Crippen LogP contribution in [-0.4, -0.2) is 33.0 Å². The number of aryl methyl sites for hydroxylation is 1. The molecule has 1 aliphatic carbocycles. The third-order valence-corrected chi connectivity index (χ3v) is 7.00. The summed E-state index contributed by atoms with van der Waals surface area (Å²) >= 11 is 0. The van der Waals surface area contributed by atoms with E-state index in [4.69, 9.17) is 9.97 Å². The fourth-order valence-electron chi connectivity index (χ4n) is 4.86. The van der Waals surface area contributed by atoms with E-state index in [0.717, 1.165) is 34.3 Å². The van der Waals surface area contributed by atoms with Crippen LogP contribution in [0, 0.1) is 18.7 Å². The lowest BCUT2D eigenvalue weighted by Crippen LogP contribution is -2.21. The van der Waals surface area contributed by atoms with E-state index in [2.05, 4.69) is 27.4 Å². The third-order valence-electron chi connectivity index (χ3n) is 7.00. The van der Waals surface area contributed by atoms with Crippen LogP contribution in [0.3, 0.4) is 0 Å². The number of halogens is 2. The molecular weight excluding hydrogens is 504 g/mol. The molecule has 40 heavy (non-hydrogen) atoms. The lowest BCUT2D eigenvalue weighted by Gasteiger charge is -2.27. The highest BCUT2D eigenvalue weighted by atomic mass is 19.1. The molecule has 2 aliphatic rings. The number of fused-ring (bicyclic) bond motifs is 1. The minimum atomic E-state index is -0.710. The Morgan fingerprint density at radius 2 is 1.60 bits per heavy atom. The van der Waals surface area contributed by atoms with E-state index >= 15 is 0 Å². The maximum Gasteiger partial charge on any atom is 0.213 e. The van der Waals surface area contributed by atoms with Gasteiger partial charge in [-0.1, -0.05) is 52.7 Å². The van der Waals surface area contributed by atoms with Gasteiger partial charge in [-0.15, -0.1) is 0 Å². The van der Waals surface area contributed by atoms with Crippen molar-refractivity contribution in [3.05, 3.63) is 83.1 Å². The molecule has 0 amide bonds. The maximum absolute atomic E-state index is 14.0. The van der Waals surface area contributed by atoms with Crippen LogP contribution in [0.5, 0.6) is 0 Å². The van der Waals surface area contributed by atoms with E-state index in [0.29, 0.717) is 17.4 Å². The van der Waals surface area contributed by atoms with Gasteiger partial charge in [0.05, 0.1) is 11.2 Å². The molecule has 214 valence electrons. The zero-order valence-corrected chi connectivity index (χ0v) is 24.6. The van der Waals surface area contributed by atoms with Crippen LogP contribution < -0.4 is 5.32 Å². The van der Waals surface area contributed by atoms with Crippen molar-refractivity contribution in [2.24, 2.45) is 0 Å². The Morgan fingerprint density at radius 3 is 2.23 bits per heavy atom. The van der Waals surface area contributed by atoms with Gasteiger partial charge >= 0.3 is 0 Å². The Balaban J connectivity index is 0.000000381. The molecule has 1 N–H and O–H groups in total. The minimum absolute atomic E-state index is 0.0281. The van der Waals surface area contributed by atoms with Crippen LogP contribution in [-0.2, 0) is 6.42 Å². The summed E-state index contributed by atoms with van der Waals surface area (Å²) in [7, 11) is 0. The quantitative estimate of drug-likeness (QED) is 0.260. The summed E-state index contributed by atoms with van der Waals surface area (Å²) in [5, 5.41) is 4.43. The molecule has 4 aromatic rings. The average Bonchev–Trinajstić information content (AvgIpc) is 2.97. The van der Waals surface area contributed by atoms with Crippen molar-refractivity contribution in [3.63, 3.8) is 0 Å². The standard InChI is InChI=1S/C24H20F2N4.C5H11N.2C2H6/c1-14-23-18(15-4-2-5-15)6-3-7-20(23)30-24(28-14)16-10-11-27-17(12-16)13-21-19(25)8-9-22(26)29-21;1-2-4-6-5-3-1;2*1-2/h3,6-12,15H,2,4-5,13H2,1H3;6H,1-5H2;2*1-2H3. The van der Waals surface area contributed by atoms with Crippen LogP contribution in [0.15, 0.2) is 48.7 Å². The van der Waals surface area contributed by atoms with Gasteiger partial charge in [-0.05, 0) is 87.5 Å². The summed E-state index contributed by atoms with van der Waals surface area (Å²) in [5.41, 5.74) is 4.61. The van der Waals surface area contributed by atoms with Gasteiger partial charge in [-0.2, -0.15) is 4.39 Å². The topological polar surface area (TPSA) is 63.6 Å². The maximum atomic E-state index is 14.0. The molecule has 2 fully saturated rings. The predicted octanol–water partition coefficient (Wildman–Crippen LogP) is 8.34. The monoisotopic (exact) mass is 547 g/mol. The second-order valence-electron chi connectivity index (χ2n) is 9.59. The van der Waals surface area contributed by atoms with Crippen molar-refractivity contribution in [2.75, 3.05) is 13.1 Å². The summed E-state index contributed by atoms with van der Waals surface area (Å²) in [5.74, 6) is -0.0617. The van der Waals surface area contributed by atoms with Gasteiger partial charge in [0, 0.05) is 35.0 Å². The number of aromatic nitrogens is 4. The number of rotatable bonds is 4. The van der Waals surface area contributed by atoms with Crippen LogP contribution in [0.4, 0.5) is 8.78 Å². The SMILES string of the molecule is C1CCNCC1.CC.CC.Cc1nc(-c2ccnc(Cc3nc(F)ccc3F)c2)nc2cccc(C3CCC3)c12. The summed E-state index contributed by atoms with van der Waals surface area (Å²) in [6.45, 7) is 12.5. The predicted molar refractivity (Wildman–Crippen MR) is 160 cm³/mol. The van der Waals surface area contributed by atoms with Crippen molar-refractivity contribution in [1.82, 2.24) is 25.3 Å². The van der Waals surface area contributed by atoms with Crippen molar-refractivity contribution in [1.29, 1.82) is 0 Å². The van der Waals surface area contributed by atoms with Gasteiger partial charge < -0.3 is 5.32 Å². The number of benzene rings is 1. The first-order valence-corrected chi connectivity index (χ1v) is 14.8. The largest absolute Gasteiger partial charge is 0.317 e. The Hall–Kier alpha value is -3.32. The van der Waals surface area contributed by atoms with Crippen molar-refractivity contribution in [3.8, 4) is 11.4 Å². The molecule has 0 spiro atoms. The van der Waals surface area contributed by atoms with E-state index in [1.165, 1.54) is 57.2 Å². The fourth-order valence-corrected chi connectivity index (χ4v) is 4.86. The highest BCUT2D eigenvalue weighted by Gasteiger charge is 2.23. The van der Waals surface area contributed by atoms with Gasteiger partial charge in [0.1, 0.15) is 5.82 Å². The van der Waals surface area contributed by atoms with Crippen molar-refractivity contribution < 1.29 is 8.78 Å². The second-order valence-corrected chi connectivity index (χ2v) is 9.59. The molecule has 6 rings (SSSR count). The fraction of sp³-hybridized carbons (Fsp3) is 0.455. The molecule has 0 unspecified atom stereocenters. The van der Waals surface area contributed by atoms with Gasteiger partial charge in [-0.3, -0.25) is 4.98 Å². The zero-order chi connectivity index (χ0) is 28.9. The summed E-state index contributed by atoms with van der Waals surface area (Å²) in [4.78, 5) is 17.5. The molecule has 0 bridgehead atoms. The van der Waals surface area contributed by atoms with Crippen LogP contribution in [0.25, 0.3) is 22.3 Å². The summed E-state index contributed by atoms with van der Waals surface area (Å²) in [6, 6.07) is 12.0. The van der Waals surface area contributed by atoms with E-state index in [-0.39, 0.29) is 12.1 Å². The Labute approximate surface area is 237 Å². The molecule has 4 heterocycles. The molecule has 5 nitrogen and oxygen atoms in total. The second kappa shape index (κ2) is 16.1. The molecule has 1 saturated carbocycles. The minimum Gasteiger partial charge on any atom is -0.317 e. The normalized spacial score (nSPS) is 14.5. The molecular formula is C33H43F2N5. The molecule has 0 atom stereocenters. The van der Waals surface area contributed by atoms with E-state index in [1.807, 2.05) is 52.8 Å². The number of piperidine rings is 1. The zero-order valence-electron chi connectivity index (χ0n) is 24.6. The highest BCUT2D eigenvalue weighted by molar-refractivity contribution is 5.86. The number of nitrogens with zero attached hydrogens (tertiary/aromatic N) is 4. The number of nitrogens with one attached hydrogen (secondary N) is 1. The lowest BCUT2D eigenvalue weighted by molar-refractivity contribution is 0.422. The first kappa shape index (κ1) is 31.2. The molecule has 0 radical (unpaired) electrons. The average molecular weight is 548 g/mol. The van der Waals surface area contributed by atoms with Gasteiger partial charge in [0.2, 0.25) is 5.95 Å². The van der Waals surface area contributed by atoms with Crippen LogP contribution in [0.2, 0.25) is 0 Å². The number of pyridine rings is 2. The van der Waals surface area contributed by atoms with E-state index in [1.54, 1.807) is 6.20 Å². The smallest absolute Gasteiger partial charge is 0.213 e. The Morgan fingerprint density at radius 1 is 0.850 bits per heavy atom. The Kier molecular flexibility index (Phi) is 12.5. The first-order valence-electron chi connectivity index (χ1n) is 14.8. The highest BCUT2D eigenvalue weighted by Crippen LogP contribution is 2.40. The van der Waals surface area contributed by atoms with Crippen LogP contribution >= 0.6 is 0 Å². The molecule has 1 aromatic carbocycles. The third kappa shape index (κ3) is 8.10. The van der Waals surface area contributed by atoms with Crippen LogP contribution in [0.1, 0.15) is 94.8 Å². The Bertz CT molecular complexity index is 1340. The molecule has 1 saturated heterocycles. The lowest BCUT2D eigenvalue weighted by atomic mass is 9.78. The molecule has 1 aliphatic heterocycles. The summed E-state index contributed by atoms with van der Waals surface area (Å²) in [6.07, 6.45) is 9.66. The molecule has 7 heteroatoms.